The highest BCUT2D eigenvalue weighted by atomic mass is 16.4. The van der Waals surface area contributed by atoms with Crippen LogP contribution in [0.1, 0.15) is 39.5 Å². The average molecular weight is 225 g/mol. The molecule has 0 aromatic rings. The number of hydrogen-bond donors (Lipinski definition) is 3. The van der Waals surface area contributed by atoms with Crippen LogP contribution in [0.4, 0.5) is 0 Å². The van der Waals surface area contributed by atoms with Gasteiger partial charge in [0.25, 0.3) is 0 Å². The molecule has 16 heavy (non-hydrogen) atoms. The van der Waals surface area contributed by atoms with Gasteiger partial charge < -0.3 is 16.3 Å². The predicted molar refractivity (Wildman–Crippen MR) is 60.0 cm³/mol. The zero-order valence-corrected chi connectivity index (χ0v) is 9.79. The van der Waals surface area contributed by atoms with E-state index in [9.17, 15) is 4.79 Å². The fourth-order valence-electron chi connectivity index (χ4n) is 2.44. The van der Waals surface area contributed by atoms with Gasteiger partial charge in [0.2, 0.25) is 5.91 Å². The monoisotopic (exact) mass is 225 g/mol. The van der Waals surface area contributed by atoms with E-state index in [1.807, 2.05) is 6.92 Å². The molecule has 0 bridgehead atoms. The second-order valence-electron chi connectivity index (χ2n) is 5.60. The lowest BCUT2D eigenvalue weighted by molar-refractivity contribution is -0.134. The summed E-state index contributed by atoms with van der Waals surface area (Å²) in [5.74, 6) is 0.423. The minimum absolute atomic E-state index is 0.0485. The van der Waals surface area contributed by atoms with Gasteiger partial charge in [-0.15, -0.1) is 0 Å². The van der Waals surface area contributed by atoms with Gasteiger partial charge in [0.1, 0.15) is 5.41 Å². The van der Waals surface area contributed by atoms with E-state index >= 15 is 0 Å². The normalized spacial score (nSPS) is 36.4. The lowest BCUT2D eigenvalue weighted by Crippen LogP contribution is -2.58. The zero-order valence-electron chi connectivity index (χ0n) is 9.79. The number of amidine groups is 1. The zero-order chi connectivity index (χ0) is 12.0. The molecule has 0 spiro atoms. The minimum atomic E-state index is -0.764. The van der Waals surface area contributed by atoms with Crippen LogP contribution in [0.25, 0.3) is 0 Å². The van der Waals surface area contributed by atoms with Crippen LogP contribution in [0.2, 0.25) is 0 Å². The van der Waals surface area contributed by atoms with Crippen molar-refractivity contribution in [3.63, 3.8) is 0 Å². The largest absolute Gasteiger partial charge is 0.409 e. The Balaban J connectivity index is 2.11. The topological polar surface area (TPSA) is 87.7 Å². The standard InChI is InChI=1S/C11H19N3O2/c1-7-5-11(6-7,8(12)14-16)9(15)13-10(2)3-4-10/h7,16H,3-6H2,1-2H3,(H2,12,14)(H,13,15). The summed E-state index contributed by atoms with van der Waals surface area (Å²) in [5, 5.41) is 14.8. The van der Waals surface area contributed by atoms with Crippen molar-refractivity contribution in [2.45, 2.75) is 45.1 Å². The molecule has 0 heterocycles. The van der Waals surface area contributed by atoms with Crippen LogP contribution < -0.4 is 11.1 Å². The maximum atomic E-state index is 12.2. The average Bonchev–Trinajstić information content (AvgIpc) is 2.89. The molecular weight excluding hydrogens is 206 g/mol. The lowest BCUT2D eigenvalue weighted by atomic mass is 9.61. The molecule has 0 aromatic heterocycles. The number of carbonyl (C=O) groups excluding carboxylic acids is 1. The fourth-order valence-corrected chi connectivity index (χ4v) is 2.44. The Hall–Kier alpha value is -1.26. The van der Waals surface area contributed by atoms with E-state index in [2.05, 4.69) is 17.4 Å². The Morgan fingerprint density at radius 2 is 2.06 bits per heavy atom. The van der Waals surface area contributed by atoms with Crippen LogP contribution in [0.5, 0.6) is 0 Å². The van der Waals surface area contributed by atoms with Gasteiger partial charge in [-0.25, -0.2) is 0 Å². The number of nitrogens with zero attached hydrogens (tertiary/aromatic N) is 1. The Labute approximate surface area is 95.1 Å². The second-order valence-corrected chi connectivity index (χ2v) is 5.60. The van der Waals surface area contributed by atoms with Crippen LogP contribution in [0.3, 0.4) is 0 Å². The van der Waals surface area contributed by atoms with Crippen molar-refractivity contribution in [2.24, 2.45) is 22.2 Å². The van der Waals surface area contributed by atoms with Gasteiger partial charge in [0, 0.05) is 5.54 Å². The van der Waals surface area contributed by atoms with E-state index < -0.39 is 5.41 Å². The molecule has 2 fully saturated rings. The highest BCUT2D eigenvalue weighted by Crippen LogP contribution is 2.47. The molecule has 2 saturated carbocycles. The number of nitrogens with one attached hydrogen (secondary N) is 1. The van der Waals surface area contributed by atoms with Gasteiger partial charge in [-0.2, -0.15) is 0 Å². The second kappa shape index (κ2) is 3.37. The number of carbonyl (C=O) groups is 1. The molecule has 90 valence electrons. The van der Waals surface area contributed by atoms with Crippen molar-refractivity contribution in [1.82, 2.24) is 5.32 Å². The first-order valence-corrected chi connectivity index (χ1v) is 5.72. The third-order valence-electron chi connectivity index (χ3n) is 3.84. The first kappa shape index (κ1) is 11.2. The van der Waals surface area contributed by atoms with Crippen molar-refractivity contribution in [2.75, 3.05) is 0 Å². The van der Waals surface area contributed by atoms with E-state index in [4.69, 9.17) is 10.9 Å². The summed E-state index contributed by atoms with van der Waals surface area (Å²) in [6, 6.07) is 0. The smallest absolute Gasteiger partial charge is 0.234 e. The van der Waals surface area contributed by atoms with Gasteiger partial charge in [-0.3, -0.25) is 4.79 Å². The number of amides is 1. The first-order valence-electron chi connectivity index (χ1n) is 5.72. The summed E-state index contributed by atoms with van der Waals surface area (Å²) in [6.07, 6.45) is 3.37. The molecule has 1 amide bonds. The Bertz CT molecular complexity index is 341. The molecule has 2 aliphatic rings. The summed E-state index contributed by atoms with van der Waals surface area (Å²) >= 11 is 0. The molecule has 0 saturated heterocycles. The van der Waals surface area contributed by atoms with Gasteiger partial charge in [0.15, 0.2) is 5.84 Å². The van der Waals surface area contributed by atoms with Gasteiger partial charge >= 0.3 is 0 Å². The maximum absolute atomic E-state index is 12.2. The van der Waals surface area contributed by atoms with Crippen molar-refractivity contribution in [3.05, 3.63) is 0 Å². The third-order valence-corrected chi connectivity index (χ3v) is 3.84. The van der Waals surface area contributed by atoms with Crippen LogP contribution >= 0.6 is 0 Å². The number of hydrogen-bond acceptors (Lipinski definition) is 3. The van der Waals surface area contributed by atoms with Crippen molar-refractivity contribution < 1.29 is 10.0 Å². The molecule has 0 atom stereocenters. The van der Waals surface area contributed by atoms with Gasteiger partial charge in [0.05, 0.1) is 0 Å². The summed E-state index contributed by atoms with van der Waals surface area (Å²) in [4.78, 5) is 12.2. The highest BCUT2D eigenvalue weighted by Gasteiger charge is 2.54. The molecule has 2 rings (SSSR count). The molecular formula is C11H19N3O2. The van der Waals surface area contributed by atoms with E-state index in [-0.39, 0.29) is 17.3 Å². The Kier molecular flexibility index (Phi) is 2.36. The van der Waals surface area contributed by atoms with Gasteiger partial charge in [-0.05, 0) is 38.5 Å². The van der Waals surface area contributed by atoms with Crippen molar-refractivity contribution in [1.29, 1.82) is 0 Å². The van der Waals surface area contributed by atoms with Crippen LogP contribution in [0, 0.1) is 11.3 Å². The molecule has 4 N–H and O–H groups in total. The predicted octanol–water partition coefficient (Wildman–Crippen LogP) is 0.818. The molecule has 5 heteroatoms. The SMILES string of the molecule is CC1CC(C(=O)NC2(C)CC2)(C(N)=NO)C1. The molecule has 0 radical (unpaired) electrons. The molecule has 0 aliphatic heterocycles. The number of rotatable bonds is 3. The van der Waals surface area contributed by atoms with E-state index in [1.54, 1.807) is 0 Å². The summed E-state index contributed by atoms with van der Waals surface area (Å²) in [5.41, 5.74) is 4.83. The van der Waals surface area contributed by atoms with Crippen LogP contribution in [-0.2, 0) is 4.79 Å². The quantitative estimate of drug-likeness (QED) is 0.287. The molecule has 0 aromatic carbocycles. The Morgan fingerprint density at radius 3 is 2.44 bits per heavy atom. The van der Waals surface area contributed by atoms with Crippen LogP contribution in [-0.4, -0.2) is 22.5 Å². The fraction of sp³-hybridized carbons (Fsp3) is 0.818. The van der Waals surface area contributed by atoms with E-state index in [0.717, 1.165) is 12.8 Å². The third kappa shape index (κ3) is 1.64. The molecule has 5 nitrogen and oxygen atoms in total. The number of nitrogens with two attached hydrogens (primary N) is 1. The molecule has 0 unspecified atom stereocenters. The Morgan fingerprint density at radius 1 is 1.50 bits per heavy atom. The van der Waals surface area contributed by atoms with Crippen LogP contribution in [0.15, 0.2) is 5.16 Å². The van der Waals surface area contributed by atoms with Gasteiger partial charge in [-0.1, -0.05) is 12.1 Å². The number of oxime groups is 1. The molecule has 2 aliphatic carbocycles. The first-order chi connectivity index (χ1) is 7.42. The summed E-state index contributed by atoms with van der Waals surface area (Å²) in [6.45, 7) is 4.09. The minimum Gasteiger partial charge on any atom is -0.409 e. The van der Waals surface area contributed by atoms with E-state index in [1.165, 1.54) is 0 Å². The van der Waals surface area contributed by atoms with Crippen molar-refractivity contribution in [3.8, 4) is 0 Å². The highest BCUT2D eigenvalue weighted by molar-refractivity contribution is 6.08. The summed E-state index contributed by atoms with van der Waals surface area (Å²) in [7, 11) is 0. The lowest BCUT2D eigenvalue weighted by Gasteiger charge is -2.44. The maximum Gasteiger partial charge on any atom is 0.234 e. The van der Waals surface area contributed by atoms with E-state index in [0.29, 0.717) is 18.8 Å². The summed E-state index contributed by atoms with van der Waals surface area (Å²) < 4.78 is 0. The van der Waals surface area contributed by atoms with Crippen molar-refractivity contribution >= 4 is 11.7 Å².